The lowest BCUT2D eigenvalue weighted by atomic mass is 10.2. The molecule has 0 unspecified atom stereocenters. The molecule has 0 spiro atoms. The molecule has 6 heteroatoms. The Balaban J connectivity index is 1.47. The predicted molar refractivity (Wildman–Crippen MR) is 105 cm³/mol. The van der Waals surface area contributed by atoms with Crippen LogP contribution >= 0.6 is 11.3 Å². The molecule has 1 aromatic heterocycles. The van der Waals surface area contributed by atoms with E-state index in [1.165, 1.54) is 10.4 Å². The third-order valence-electron chi connectivity index (χ3n) is 3.69. The van der Waals surface area contributed by atoms with Gasteiger partial charge in [-0.05, 0) is 31.7 Å². The SMILES string of the molecule is CN=C(NCCCCOCCc1ccccc1)NCc1ncc(C)s1. The quantitative estimate of drug-likeness (QED) is 0.388. The second-order valence-corrected chi connectivity index (χ2v) is 7.09. The molecule has 136 valence electrons. The normalized spacial score (nSPS) is 11.5. The van der Waals surface area contributed by atoms with E-state index in [4.69, 9.17) is 4.74 Å². The highest BCUT2D eigenvalue weighted by atomic mass is 32.1. The van der Waals surface area contributed by atoms with E-state index in [0.29, 0.717) is 6.54 Å². The number of nitrogens with zero attached hydrogens (tertiary/aromatic N) is 2. The first-order valence-electron chi connectivity index (χ1n) is 8.75. The minimum absolute atomic E-state index is 0.709. The van der Waals surface area contributed by atoms with E-state index < -0.39 is 0 Å². The molecule has 2 aromatic rings. The van der Waals surface area contributed by atoms with E-state index in [2.05, 4.69) is 51.8 Å². The fourth-order valence-electron chi connectivity index (χ4n) is 2.34. The van der Waals surface area contributed by atoms with Gasteiger partial charge in [0.05, 0.1) is 13.2 Å². The molecule has 2 N–H and O–H groups in total. The lowest BCUT2D eigenvalue weighted by Gasteiger charge is -2.11. The molecular weight excluding hydrogens is 332 g/mol. The van der Waals surface area contributed by atoms with Crippen molar-refractivity contribution in [3.8, 4) is 0 Å². The molecule has 0 bridgehead atoms. The lowest BCUT2D eigenvalue weighted by Crippen LogP contribution is -2.37. The van der Waals surface area contributed by atoms with Crippen LogP contribution in [-0.2, 0) is 17.7 Å². The summed E-state index contributed by atoms with van der Waals surface area (Å²) in [5.74, 6) is 0.817. The van der Waals surface area contributed by atoms with Gasteiger partial charge >= 0.3 is 0 Å². The smallest absolute Gasteiger partial charge is 0.191 e. The van der Waals surface area contributed by atoms with Crippen molar-refractivity contribution in [2.45, 2.75) is 32.7 Å². The number of aliphatic imine (C=N–C) groups is 1. The van der Waals surface area contributed by atoms with Crippen LogP contribution in [-0.4, -0.2) is 37.7 Å². The summed E-state index contributed by atoms with van der Waals surface area (Å²) in [6.45, 7) is 5.25. The highest BCUT2D eigenvalue weighted by molar-refractivity contribution is 7.11. The summed E-state index contributed by atoms with van der Waals surface area (Å²) in [6.07, 6.45) is 4.98. The largest absolute Gasteiger partial charge is 0.381 e. The van der Waals surface area contributed by atoms with Gasteiger partial charge in [-0.15, -0.1) is 11.3 Å². The van der Waals surface area contributed by atoms with Gasteiger partial charge in [-0.3, -0.25) is 4.99 Å². The average molecular weight is 361 g/mol. The number of hydrogen-bond donors (Lipinski definition) is 2. The maximum Gasteiger partial charge on any atom is 0.191 e. The summed E-state index contributed by atoms with van der Waals surface area (Å²) in [6, 6.07) is 10.4. The summed E-state index contributed by atoms with van der Waals surface area (Å²) in [7, 11) is 1.79. The van der Waals surface area contributed by atoms with E-state index in [9.17, 15) is 0 Å². The summed E-state index contributed by atoms with van der Waals surface area (Å²) in [4.78, 5) is 9.80. The number of aromatic nitrogens is 1. The molecule has 0 saturated carbocycles. The standard InChI is InChI=1S/C19H28N4OS/c1-16-14-22-18(25-16)15-23-19(20-2)21-11-6-7-12-24-13-10-17-8-4-3-5-9-17/h3-5,8-9,14H,6-7,10-13,15H2,1-2H3,(H2,20,21,23). The van der Waals surface area contributed by atoms with Gasteiger partial charge in [0.15, 0.2) is 5.96 Å². The van der Waals surface area contributed by atoms with Crippen molar-refractivity contribution in [2.24, 2.45) is 4.99 Å². The van der Waals surface area contributed by atoms with Crippen molar-refractivity contribution < 1.29 is 4.74 Å². The van der Waals surface area contributed by atoms with E-state index in [1.807, 2.05) is 12.3 Å². The van der Waals surface area contributed by atoms with Crippen LogP contribution in [0.4, 0.5) is 0 Å². The first kappa shape index (κ1) is 19.4. The number of benzene rings is 1. The number of nitrogens with one attached hydrogen (secondary N) is 2. The molecule has 0 aliphatic heterocycles. The second kappa shape index (κ2) is 11.6. The summed E-state index contributed by atoms with van der Waals surface area (Å²) < 4.78 is 5.70. The number of thiazole rings is 1. The Bertz CT molecular complexity index is 627. The van der Waals surface area contributed by atoms with Crippen molar-refractivity contribution in [1.29, 1.82) is 0 Å². The molecule has 0 atom stereocenters. The molecule has 2 rings (SSSR count). The predicted octanol–water partition coefficient (Wildman–Crippen LogP) is 3.16. The molecule has 0 fully saturated rings. The summed E-state index contributed by atoms with van der Waals surface area (Å²) in [5, 5.41) is 7.68. The monoisotopic (exact) mass is 360 g/mol. The van der Waals surface area contributed by atoms with Crippen LogP contribution in [0.5, 0.6) is 0 Å². The van der Waals surface area contributed by atoms with Crippen LogP contribution < -0.4 is 10.6 Å². The Morgan fingerprint density at radius 2 is 2.00 bits per heavy atom. The number of hydrogen-bond acceptors (Lipinski definition) is 4. The maximum atomic E-state index is 5.70. The fraction of sp³-hybridized carbons (Fsp3) is 0.474. The van der Waals surface area contributed by atoms with Crippen LogP contribution in [0.2, 0.25) is 0 Å². The zero-order valence-corrected chi connectivity index (χ0v) is 15.9. The Hall–Kier alpha value is -1.92. The minimum atomic E-state index is 0.709. The van der Waals surface area contributed by atoms with Crippen LogP contribution in [0.1, 0.15) is 28.3 Å². The van der Waals surface area contributed by atoms with Gasteiger partial charge in [0.2, 0.25) is 0 Å². The van der Waals surface area contributed by atoms with Gasteiger partial charge in [0.1, 0.15) is 5.01 Å². The van der Waals surface area contributed by atoms with Crippen LogP contribution in [0.3, 0.4) is 0 Å². The molecule has 0 saturated heterocycles. The zero-order valence-electron chi connectivity index (χ0n) is 15.1. The molecule has 25 heavy (non-hydrogen) atoms. The number of guanidine groups is 1. The molecule has 1 aromatic carbocycles. The molecule has 0 radical (unpaired) electrons. The Labute approximate surface area is 154 Å². The van der Waals surface area contributed by atoms with Crippen LogP contribution in [0.15, 0.2) is 41.5 Å². The number of aryl methyl sites for hydroxylation is 1. The van der Waals surface area contributed by atoms with Crippen molar-refractivity contribution >= 4 is 17.3 Å². The number of unbranched alkanes of at least 4 members (excludes halogenated alkanes) is 1. The fourth-order valence-corrected chi connectivity index (χ4v) is 3.06. The second-order valence-electron chi connectivity index (χ2n) is 5.77. The minimum Gasteiger partial charge on any atom is -0.381 e. The van der Waals surface area contributed by atoms with Crippen molar-refractivity contribution in [1.82, 2.24) is 15.6 Å². The van der Waals surface area contributed by atoms with Crippen molar-refractivity contribution in [3.05, 3.63) is 52.0 Å². The van der Waals surface area contributed by atoms with E-state index in [-0.39, 0.29) is 0 Å². The third-order valence-corrected chi connectivity index (χ3v) is 4.60. The number of rotatable bonds is 10. The van der Waals surface area contributed by atoms with E-state index in [0.717, 1.165) is 50.0 Å². The summed E-state index contributed by atoms with van der Waals surface area (Å²) >= 11 is 1.71. The lowest BCUT2D eigenvalue weighted by molar-refractivity contribution is 0.133. The van der Waals surface area contributed by atoms with Crippen LogP contribution in [0, 0.1) is 6.92 Å². The summed E-state index contributed by atoms with van der Waals surface area (Å²) in [5.41, 5.74) is 1.33. The molecule has 0 aliphatic rings. The van der Waals surface area contributed by atoms with Crippen LogP contribution in [0.25, 0.3) is 0 Å². The topological polar surface area (TPSA) is 58.5 Å². The molecule has 0 amide bonds. The Morgan fingerprint density at radius 3 is 2.72 bits per heavy atom. The van der Waals surface area contributed by atoms with Crippen molar-refractivity contribution in [3.63, 3.8) is 0 Å². The van der Waals surface area contributed by atoms with E-state index in [1.54, 1.807) is 18.4 Å². The highest BCUT2D eigenvalue weighted by Gasteiger charge is 2.01. The third kappa shape index (κ3) is 8.14. The highest BCUT2D eigenvalue weighted by Crippen LogP contribution is 2.10. The van der Waals surface area contributed by atoms with Crippen molar-refractivity contribution in [2.75, 3.05) is 26.8 Å². The maximum absolute atomic E-state index is 5.70. The first-order chi connectivity index (χ1) is 12.3. The van der Waals surface area contributed by atoms with Gasteiger partial charge < -0.3 is 15.4 Å². The molecular formula is C19H28N4OS. The van der Waals surface area contributed by atoms with Gasteiger partial charge in [-0.2, -0.15) is 0 Å². The average Bonchev–Trinajstić information content (AvgIpc) is 3.06. The first-order valence-corrected chi connectivity index (χ1v) is 9.57. The van der Waals surface area contributed by atoms with Gasteiger partial charge in [0, 0.05) is 31.3 Å². The number of ether oxygens (including phenoxy) is 1. The molecule has 0 aliphatic carbocycles. The van der Waals surface area contributed by atoms with Gasteiger partial charge in [-0.1, -0.05) is 30.3 Å². The van der Waals surface area contributed by atoms with E-state index >= 15 is 0 Å². The van der Waals surface area contributed by atoms with Gasteiger partial charge in [-0.25, -0.2) is 4.98 Å². The molecule has 1 heterocycles. The Morgan fingerprint density at radius 1 is 1.16 bits per heavy atom. The Kier molecular flexibility index (Phi) is 9.01. The zero-order chi connectivity index (χ0) is 17.7. The molecule has 5 nitrogen and oxygen atoms in total. The van der Waals surface area contributed by atoms with Gasteiger partial charge in [0.25, 0.3) is 0 Å².